The van der Waals surface area contributed by atoms with Crippen molar-refractivity contribution in [3.05, 3.63) is 35.7 Å². The van der Waals surface area contributed by atoms with Crippen molar-refractivity contribution in [3.63, 3.8) is 0 Å². The topological polar surface area (TPSA) is 123 Å². The van der Waals surface area contributed by atoms with Crippen LogP contribution in [0.15, 0.2) is 45.5 Å². The van der Waals surface area contributed by atoms with E-state index < -0.39 is 38.4 Å². The lowest BCUT2D eigenvalue weighted by molar-refractivity contribution is -0.0873. The van der Waals surface area contributed by atoms with Gasteiger partial charge in [0, 0.05) is 18.2 Å². The number of sulfone groups is 1. The third-order valence-electron chi connectivity index (χ3n) is 5.78. The Balaban J connectivity index is 1.99. The second-order valence-electron chi connectivity index (χ2n) is 8.32. The number of nitrogens with two attached hydrogens (primary N) is 2. The summed E-state index contributed by atoms with van der Waals surface area (Å²) in [6, 6.07) is 5.89. The Morgan fingerprint density at radius 1 is 1.19 bits per heavy atom. The van der Waals surface area contributed by atoms with Gasteiger partial charge >= 0.3 is 6.18 Å². The standard InChI is InChI=1S/C20H28F3N5O2S/c1-12(2)31(29,30)17-6-4-3-5-16(17)27-18-15(19(21,22)23)11-26-20(25,28-18)13-7-9-14(24)10-8-13/h3-6,11-14,27-28H,7-10,24-25H2,1-2H3. The maximum Gasteiger partial charge on any atom is 0.421 e. The number of nitrogens with one attached hydrogen (secondary N) is 2. The zero-order valence-corrected chi connectivity index (χ0v) is 18.2. The number of nitrogens with zero attached hydrogens (tertiary/aromatic N) is 1. The largest absolute Gasteiger partial charge is 0.421 e. The molecule has 1 aliphatic carbocycles. The number of para-hydroxylation sites is 1. The van der Waals surface area contributed by atoms with E-state index in [9.17, 15) is 21.6 Å². The van der Waals surface area contributed by atoms with Gasteiger partial charge in [0.05, 0.1) is 15.8 Å². The quantitative estimate of drug-likeness (QED) is 0.537. The van der Waals surface area contributed by atoms with Gasteiger partial charge < -0.3 is 16.4 Å². The highest BCUT2D eigenvalue weighted by Crippen LogP contribution is 2.36. The zero-order chi connectivity index (χ0) is 23.0. The Kier molecular flexibility index (Phi) is 6.41. The number of hydrogen-bond acceptors (Lipinski definition) is 7. The number of benzene rings is 1. The van der Waals surface area contributed by atoms with E-state index in [0.29, 0.717) is 31.9 Å². The molecule has 0 aromatic heterocycles. The lowest BCUT2D eigenvalue weighted by Gasteiger charge is -2.41. The van der Waals surface area contributed by atoms with Crippen molar-refractivity contribution in [2.24, 2.45) is 22.4 Å². The van der Waals surface area contributed by atoms with Gasteiger partial charge in [0.25, 0.3) is 0 Å². The van der Waals surface area contributed by atoms with Crippen molar-refractivity contribution in [1.29, 1.82) is 0 Å². The normalized spacial score (nSPS) is 27.4. The molecule has 1 atom stereocenters. The first-order valence-electron chi connectivity index (χ1n) is 10.1. The van der Waals surface area contributed by atoms with Crippen molar-refractivity contribution in [2.45, 2.75) is 67.7 Å². The van der Waals surface area contributed by atoms with Crippen LogP contribution in [0.2, 0.25) is 0 Å². The van der Waals surface area contributed by atoms with E-state index in [0.717, 1.165) is 0 Å². The first kappa shape index (κ1) is 23.6. The summed E-state index contributed by atoms with van der Waals surface area (Å²) < 4.78 is 66.5. The van der Waals surface area contributed by atoms with Crippen LogP contribution in [0.1, 0.15) is 39.5 Å². The summed E-state index contributed by atoms with van der Waals surface area (Å²) in [5, 5.41) is 4.62. The van der Waals surface area contributed by atoms with E-state index in [1.807, 2.05) is 0 Å². The molecule has 172 valence electrons. The predicted molar refractivity (Wildman–Crippen MR) is 114 cm³/mol. The van der Waals surface area contributed by atoms with Crippen molar-refractivity contribution in [1.82, 2.24) is 5.32 Å². The molecule has 0 amide bonds. The van der Waals surface area contributed by atoms with Gasteiger partial charge in [0.2, 0.25) is 0 Å². The summed E-state index contributed by atoms with van der Waals surface area (Å²) in [6.07, 6.45) is -1.36. The maximum absolute atomic E-state index is 13.7. The van der Waals surface area contributed by atoms with Gasteiger partial charge in [0.1, 0.15) is 11.4 Å². The van der Waals surface area contributed by atoms with Crippen LogP contribution in [-0.2, 0) is 9.84 Å². The van der Waals surface area contributed by atoms with Gasteiger partial charge in [-0.05, 0) is 51.7 Å². The van der Waals surface area contributed by atoms with Crippen LogP contribution in [0.3, 0.4) is 0 Å². The second kappa shape index (κ2) is 8.44. The molecule has 0 saturated heterocycles. The number of anilines is 1. The molecular formula is C20H28F3N5O2S. The molecule has 0 radical (unpaired) electrons. The van der Waals surface area contributed by atoms with Crippen molar-refractivity contribution < 1.29 is 21.6 Å². The van der Waals surface area contributed by atoms with Gasteiger partial charge in [-0.25, -0.2) is 13.4 Å². The fourth-order valence-electron chi connectivity index (χ4n) is 3.82. The zero-order valence-electron chi connectivity index (χ0n) is 17.4. The van der Waals surface area contributed by atoms with E-state index in [2.05, 4.69) is 15.6 Å². The van der Waals surface area contributed by atoms with Gasteiger partial charge in [-0.2, -0.15) is 13.2 Å². The first-order chi connectivity index (χ1) is 14.3. The minimum atomic E-state index is -4.72. The van der Waals surface area contributed by atoms with Gasteiger partial charge in [-0.1, -0.05) is 12.1 Å². The molecule has 0 spiro atoms. The van der Waals surface area contributed by atoms with E-state index in [4.69, 9.17) is 11.5 Å². The van der Waals surface area contributed by atoms with Gasteiger partial charge in [-0.15, -0.1) is 0 Å². The molecule has 11 heteroatoms. The average Bonchev–Trinajstić information content (AvgIpc) is 2.67. The second-order valence-corrected chi connectivity index (χ2v) is 10.8. The third-order valence-corrected chi connectivity index (χ3v) is 7.99. The van der Waals surface area contributed by atoms with Crippen LogP contribution in [0, 0.1) is 5.92 Å². The van der Waals surface area contributed by atoms with Crippen LogP contribution in [0.5, 0.6) is 0 Å². The van der Waals surface area contributed by atoms with Crippen molar-refractivity contribution >= 4 is 21.7 Å². The van der Waals surface area contributed by atoms with Crippen LogP contribution in [0.4, 0.5) is 18.9 Å². The van der Waals surface area contributed by atoms with Crippen LogP contribution in [0.25, 0.3) is 0 Å². The molecule has 6 N–H and O–H groups in total. The molecule has 1 aromatic carbocycles. The Bertz CT molecular complexity index is 983. The summed E-state index contributed by atoms with van der Waals surface area (Å²) in [7, 11) is -3.74. The van der Waals surface area contributed by atoms with Gasteiger partial charge in [-0.3, -0.25) is 5.73 Å². The highest BCUT2D eigenvalue weighted by Gasteiger charge is 2.44. The number of alkyl halides is 3. The summed E-state index contributed by atoms with van der Waals surface area (Å²) in [6.45, 7) is 3.02. The molecular weight excluding hydrogens is 431 g/mol. The predicted octanol–water partition coefficient (Wildman–Crippen LogP) is 2.86. The summed E-state index contributed by atoms with van der Waals surface area (Å²) in [5.41, 5.74) is 11.3. The third kappa shape index (κ3) is 4.88. The minimum Gasteiger partial charge on any atom is -0.340 e. The van der Waals surface area contributed by atoms with E-state index in [-0.39, 0.29) is 22.5 Å². The van der Waals surface area contributed by atoms with E-state index >= 15 is 0 Å². The molecule has 1 saturated carbocycles. The van der Waals surface area contributed by atoms with E-state index in [1.54, 1.807) is 6.07 Å². The molecule has 1 unspecified atom stereocenters. The molecule has 1 aliphatic heterocycles. The fourth-order valence-corrected chi connectivity index (χ4v) is 5.02. The molecule has 3 rings (SSSR count). The maximum atomic E-state index is 13.7. The summed E-state index contributed by atoms with van der Waals surface area (Å²) in [5.74, 6) is -2.10. The van der Waals surface area contributed by atoms with Crippen LogP contribution >= 0.6 is 0 Å². The van der Waals surface area contributed by atoms with Crippen molar-refractivity contribution in [3.8, 4) is 0 Å². The lowest BCUT2D eigenvalue weighted by atomic mass is 9.81. The summed E-state index contributed by atoms with van der Waals surface area (Å²) >= 11 is 0. The Morgan fingerprint density at radius 3 is 2.39 bits per heavy atom. The number of allylic oxidation sites excluding steroid dienone is 1. The number of aliphatic imine (C=N–C) groups is 1. The number of halogens is 3. The monoisotopic (exact) mass is 459 g/mol. The SMILES string of the molecule is CC(C)S(=O)(=O)c1ccccc1NC1=C(C(F)(F)F)C=NC(N)(C2CCC(N)CC2)N1. The number of rotatable bonds is 5. The number of hydrogen-bond donors (Lipinski definition) is 4. The van der Waals surface area contributed by atoms with Crippen molar-refractivity contribution in [2.75, 3.05) is 5.32 Å². The Morgan fingerprint density at radius 2 is 1.81 bits per heavy atom. The molecule has 1 aromatic rings. The highest BCUT2D eigenvalue weighted by atomic mass is 32.2. The molecule has 31 heavy (non-hydrogen) atoms. The fraction of sp³-hybridized carbons (Fsp3) is 0.550. The molecule has 0 bridgehead atoms. The Labute approximate surface area is 180 Å². The van der Waals surface area contributed by atoms with Gasteiger partial charge in [0.15, 0.2) is 15.6 Å². The molecule has 7 nitrogen and oxygen atoms in total. The average molecular weight is 460 g/mol. The molecule has 1 heterocycles. The van der Waals surface area contributed by atoms with E-state index in [1.165, 1.54) is 32.0 Å². The summed E-state index contributed by atoms with van der Waals surface area (Å²) in [4.78, 5) is 3.93. The Hall–Kier alpha value is -2.11. The minimum absolute atomic E-state index is 0.0313. The van der Waals surface area contributed by atoms with Crippen LogP contribution < -0.4 is 22.1 Å². The first-order valence-corrected chi connectivity index (χ1v) is 11.7. The molecule has 2 aliphatic rings. The lowest BCUT2D eigenvalue weighted by Crippen LogP contribution is -2.61. The smallest absolute Gasteiger partial charge is 0.340 e. The molecule has 1 fully saturated rings. The highest BCUT2D eigenvalue weighted by molar-refractivity contribution is 7.92. The van der Waals surface area contributed by atoms with Crippen LogP contribution in [-0.4, -0.2) is 37.9 Å².